The van der Waals surface area contributed by atoms with E-state index < -0.39 is 0 Å². The molecule has 1 saturated heterocycles. The minimum absolute atomic E-state index is 0.116. The first kappa shape index (κ1) is 17.3. The van der Waals surface area contributed by atoms with Gasteiger partial charge in [0.15, 0.2) is 0 Å². The number of amides is 1. The largest absolute Gasteiger partial charge is 0.491 e. The number of piperidine rings is 1. The van der Waals surface area contributed by atoms with E-state index in [1.54, 1.807) is 0 Å². The average Bonchev–Trinajstić information content (AvgIpc) is 3.33. The number of nitrogens with zero attached hydrogens (tertiary/aromatic N) is 3. The molecule has 1 N–H and O–H groups in total. The number of carbonyl (C=O) groups is 1. The van der Waals surface area contributed by atoms with E-state index in [0.29, 0.717) is 18.5 Å². The van der Waals surface area contributed by atoms with Gasteiger partial charge in [0.1, 0.15) is 5.75 Å². The van der Waals surface area contributed by atoms with Gasteiger partial charge in [-0.3, -0.25) is 9.78 Å². The lowest BCUT2D eigenvalue weighted by atomic mass is 9.89. The summed E-state index contributed by atoms with van der Waals surface area (Å²) in [5.41, 5.74) is 6.10. The number of hydrogen-bond acceptors (Lipinski definition) is 5. The first-order chi connectivity index (χ1) is 14.3. The minimum Gasteiger partial charge on any atom is -0.491 e. The number of fused-ring (bicyclic) bond motifs is 4. The zero-order valence-corrected chi connectivity index (χ0v) is 16.6. The highest BCUT2D eigenvalue weighted by atomic mass is 16.5. The van der Waals surface area contributed by atoms with E-state index in [0.717, 1.165) is 69.1 Å². The molecule has 0 radical (unpaired) electrons. The first-order valence-electron chi connectivity index (χ1n) is 10.8. The molecule has 150 valence electrons. The Hall–Kier alpha value is -2.60. The van der Waals surface area contributed by atoms with Gasteiger partial charge in [0, 0.05) is 37.7 Å². The molecule has 0 bridgehead atoms. The molecule has 1 aromatic carbocycles. The molecule has 29 heavy (non-hydrogen) atoms. The van der Waals surface area contributed by atoms with Crippen LogP contribution in [0.5, 0.6) is 5.75 Å². The quantitative estimate of drug-likeness (QED) is 0.870. The normalized spacial score (nSPS) is 24.6. The van der Waals surface area contributed by atoms with E-state index in [-0.39, 0.29) is 5.91 Å². The van der Waals surface area contributed by atoms with Crippen LogP contribution in [0.15, 0.2) is 30.5 Å². The third-order valence-electron chi connectivity index (χ3n) is 6.97. The third kappa shape index (κ3) is 2.81. The Bertz CT molecular complexity index is 975. The number of carbonyl (C=O) groups excluding carboxylic acids is 1. The maximum absolute atomic E-state index is 12.1. The second kappa shape index (κ2) is 6.73. The number of benzene rings is 1. The van der Waals surface area contributed by atoms with Crippen LogP contribution in [0.3, 0.4) is 0 Å². The van der Waals surface area contributed by atoms with Gasteiger partial charge in [0.25, 0.3) is 0 Å². The number of nitrogens with one attached hydrogen (secondary N) is 1. The van der Waals surface area contributed by atoms with Gasteiger partial charge in [-0.2, -0.15) is 0 Å². The molecular formula is C23H26N4O2. The Balaban J connectivity index is 1.14. The van der Waals surface area contributed by atoms with Crippen LogP contribution in [0, 0.1) is 0 Å². The molecule has 0 spiro atoms. The monoisotopic (exact) mass is 390 g/mol. The van der Waals surface area contributed by atoms with Crippen LogP contribution in [0.25, 0.3) is 0 Å². The Morgan fingerprint density at radius 1 is 1.28 bits per heavy atom. The van der Waals surface area contributed by atoms with Crippen LogP contribution < -0.4 is 15.0 Å². The predicted octanol–water partition coefficient (Wildman–Crippen LogP) is 2.58. The van der Waals surface area contributed by atoms with Crippen molar-refractivity contribution >= 4 is 17.3 Å². The summed E-state index contributed by atoms with van der Waals surface area (Å²) in [6.07, 6.45) is 6.16. The summed E-state index contributed by atoms with van der Waals surface area (Å²) in [7, 11) is 0. The number of hydrogen-bond donors (Lipinski definition) is 1. The second-order valence-electron chi connectivity index (χ2n) is 8.63. The molecule has 2 aromatic rings. The summed E-state index contributed by atoms with van der Waals surface area (Å²) in [6, 6.07) is 8.96. The van der Waals surface area contributed by atoms with Crippen molar-refractivity contribution in [1.82, 2.24) is 9.88 Å². The van der Waals surface area contributed by atoms with Gasteiger partial charge in [-0.1, -0.05) is 12.1 Å². The van der Waals surface area contributed by atoms with Crippen molar-refractivity contribution in [2.75, 3.05) is 43.0 Å². The number of pyridine rings is 1. The maximum Gasteiger partial charge on any atom is 0.243 e. The van der Waals surface area contributed by atoms with Crippen molar-refractivity contribution in [2.45, 2.75) is 37.6 Å². The Morgan fingerprint density at radius 3 is 3.21 bits per heavy atom. The Morgan fingerprint density at radius 2 is 2.24 bits per heavy atom. The van der Waals surface area contributed by atoms with E-state index in [9.17, 15) is 4.79 Å². The van der Waals surface area contributed by atoms with Gasteiger partial charge in [-0.15, -0.1) is 0 Å². The molecule has 1 fully saturated rings. The van der Waals surface area contributed by atoms with Gasteiger partial charge in [-0.25, -0.2) is 0 Å². The molecule has 1 aromatic heterocycles. The summed E-state index contributed by atoms with van der Waals surface area (Å²) >= 11 is 0. The molecule has 0 saturated carbocycles. The van der Waals surface area contributed by atoms with Crippen LogP contribution in [-0.4, -0.2) is 54.6 Å². The zero-order chi connectivity index (χ0) is 19.4. The summed E-state index contributed by atoms with van der Waals surface area (Å²) < 4.78 is 5.80. The molecule has 5 heterocycles. The number of aromatic nitrogens is 1. The molecule has 0 unspecified atom stereocenters. The van der Waals surface area contributed by atoms with Gasteiger partial charge >= 0.3 is 0 Å². The molecule has 4 aliphatic rings. The Kier molecular flexibility index (Phi) is 4.01. The van der Waals surface area contributed by atoms with Gasteiger partial charge in [-0.05, 0) is 49.1 Å². The molecule has 1 amide bonds. The van der Waals surface area contributed by atoms with Crippen LogP contribution in [0.4, 0.5) is 11.4 Å². The number of anilines is 2. The van der Waals surface area contributed by atoms with E-state index in [1.165, 1.54) is 16.8 Å². The highest BCUT2D eigenvalue weighted by Crippen LogP contribution is 2.49. The highest BCUT2D eigenvalue weighted by molar-refractivity contribution is 6.03. The van der Waals surface area contributed by atoms with Crippen LogP contribution in [0.1, 0.15) is 35.6 Å². The molecule has 6 rings (SSSR count). The Labute approximate surface area is 170 Å². The number of likely N-dealkylation sites (tertiary alicyclic amines) is 1. The smallest absolute Gasteiger partial charge is 0.243 e. The fourth-order valence-electron chi connectivity index (χ4n) is 5.71. The predicted molar refractivity (Wildman–Crippen MR) is 112 cm³/mol. The summed E-state index contributed by atoms with van der Waals surface area (Å²) in [5, 5.41) is 3.05. The number of para-hydroxylation sites is 1. The van der Waals surface area contributed by atoms with Crippen molar-refractivity contribution in [1.29, 1.82) is 0 Å². The molecular weight excluding hydrogens is 364 g/mol. The van der Waals surface area contributed by atoms with E-state index in [4.69, 9.17) is 4.74 Å². The third-order valence-corrected chi connectivity index (χ3v) is 6.97. The molecule has 4 aliphatic heterocycles. The number of ether oxygens (including phenoxy) is 1. The maximum atomic E-state index is 12.1. The van der Waals surface area contributed by atoms with Gasteiger partial charge < -0.3 is 19.9 Å². The first-order valence-corrected chi connectivity index (χ1v) is 10.8. The van der Waals surface area contributed by atoms with Crippen molar-refractivity contribution in [3.63, 3.8) is 0 Å². The average molecular weight is 390 g/mol. The fourth-order valence-corrected chi connectivity index (χ4v) is 5.71. The lowest BCUT2D eigenvalue weighted by Gasteiger charge is -2.39. The lowest BCUT2D eigenvalue weighted by Crippen LogP contribution is -2.49. The fraction of sp³-hybridized carbons (Fsp3) is 0.478. The molecule has 6 heteroatoms. The topological polar surface area (TPSA) is 57.7 Å². The van der Waals surface area contributed by atoms with Gasteiger partial charge in [0.05, 0.1) is 30.2 Å². The molecule has 2 atom stereocenters. The van der Waals surface area contributed by atoms with Crippen LogP contribution in [-0.2, 0) is 17.6 Å². The second-order valence-corrected chi connectivity index (χ2v) is 8.63. The molecule has 6 nitrogen and oxygen atoms in total. The summed E-state index contributed by atoms with van der Waals surface area (Å²) in [6.45, 7) is 4.55. The summed E-state index contributed by atoms with van der Waals surface area (Å²) in [4.78, 5) is 21.5. The number of rotatable bonds is 4. The van der Waals surface area contributed by atoms with E-state index >= 15 is 0 Å². The number of aryl methyl sites for hydroxylation is 1. The van der Waals surface area contributed by atoms with Crippen LogP contribution >= 0.6 is 0 Å². The SMILES string of the molecule is O=C1CN2c3c(cccc3[C@@H]3CN(CCCc4ccnc5c4OCC5)CC[C@@H]32)N1. The van der Waals surface area contributed by atoms with E-state index in [2.05, 4.69) is 38.3 Å². The van der Waals surface area contributed by atoms with Crippen molar-refractivity contribution in [3.8, 4) is 5.75 Å². The van der Waals surface area contributed by atoms with Crippen molar-refractivity contribution in [2.24, 2.45) is 0 Å². The van der Waals surface area contributed by atoms with Gasteiger partial charge in [0.2, 0.25) is 5.91 Å². The standard InChI is InChI=1S/C23H26N4O2/c28-21-14-27-20-7-11-26(13-17(20)16-4-1-5-18(25-21)22(16)27)10-2-3-15-6-9-24-19-8-12-29-23(15)19/h1,4-6,9,17,20H,2-3,7-8,10-14H2,(H,25,28)/t17-,20-/m0/s1. The summed E-state index contributed by atoms with van der Waals surface area (Å²) in [5.74, 6) is 1.65. The highest BCUT2D eigenvalue weighted by Gasteiger charge is 2.45. The lowest BCUT2D eigenvalue weighted by molar-refractivity contribution is -0.115. The van der Waals surface area contributed by atoms with E-state index in [1.807, 2.05) is 12.3 Å². The zero-order valence-electron chi connectivity index (χ0n) is 16.6. The van der Waals surface area contributed by atoms with Crippen molar-refractivity contribution in [3.05, 3.63) is 47.3 Å². The molecule has 0 aliphatic carbocycles. The minimum atomic E-state index is 0.116. The van der Waals surface area contributed by atoms with Crippen molar-refractivity contribution < 1.29 is 9.53 Å². The van der Waals surface area contributed by atoms with Crippen LogP contribution in [0.2, 0.25) is 0 Å².